The van der Waals surface area contributed by atoms with E-state index in [1.54, 1.807) is 12.1 Å². The van der Waals surface area contributed by atoms with E-state index in [0.29, 0.717) is 10.9 Å². The van der Waals surface area contributed by atoms with Gasteiger partial charge in [0.05, 0.1) is 10.6 Å². The van der Waals surface area contributed by atoms with E-state index in [-0.39, 0.29) is 5.69 Å². The van der Waals surface area contributed by atoms with Gasteiger partial charge in [0.1, 0.15) is 0 Å². The zero-order valence-electron chi connectivity index (χ0n) is 12.4. The second-order valence-electron chi connectivity index (χ2n) is 4.95. The molecule has 0 aromatic heterocycles. The molecule has 6 heteroatoms. The summed E-state index contributed by atoms with van der Waals surface area (Å²) in [5, 5.41) is 11.1. The first-order chi connectivity index (χ1) is 10.5. The van der Waals surface area contributed by atoms with Crippen LogP contribution in [0.3, 0.4) is 0 Å². The predicted molar refractivity (Wildman–Crippen MR) is 91.6 cm³/mol. The van der Waals surface area contributed by atoms with Crippen molar-refractivity contribution < 1.29 is 4.92 Å². The molecule has 0 fully saturated rings. The number of hydrogen-bond donors (Lipinski definition) is 1. The summed E-state index contributed by atoms with van der Waals surface area (Å²) in [5.74, 6) is 0.623. The second-order valence-corrected chi connectivity index (χ2v) is 5.95. The van der Waals surface area contributed by atoms with Crippen LogP contribution in [0.4, 0.5) is 11.4 Å². The molecule has 114 valence electrons. The van der Waals surface area contributed by atoms with Crippen molar-refractivity contribution in [3.05, 3.63) is 69.3 Å². The van der Waals surface area contributed by atoms with E-state index >= 15 is 0 Å². The summed E-state index contributed by atoms with van der Waals surface area (Å²) in [4.78, 5) is 14.6. The summed E-state index contributed by atoms with van der Waals surface area (Å²) in [7, 11) is 0. The summed E-state index contributed by atoms with van der Waals surface area (Å²) in [5.41, 5.74) is 10.1. The van der Waals surface area contributed by atoms with Crippen molar-refractivity contribution in [3.63, 3.8) is 0 Å². The Bertz CT molecular complexity index is 712. The first-order valence-electron chi connectivity index (χ1n) is 6.73. The third-order valence-corrected chi connectivity index (χ3v) is 3.99. The monoisotopic (exact) mass is 315 g/mol. The maximum Gasteiger partial charge on any atom is 0.269 e. The van der Waals surface area contributed by atoms with E-state index in [2.05, 4.69) is 4.99 Å². The average Bonchev–Trinajstić information content (AvgIpc) is 2.49. The normalized spacial score (nSPS) is 11.5. The molecule has 0 amide bonds. The molecule has 2 aromatic rings. The van der Waals surface area contributed by atoms with Crippen molar-refractivity contribution in [1.82, 2.24) is 0 Å². The molecule has 0 aliphatic rings. The van der Waals surface area contributed by atoms with Gasteiger partial charge in [-0.3, -0.25) is 10.1 Å². The lowest BCUT2D eigenvalue weighted by Crippen LogP contribution is -2.06. The minimum Gasteiger partial charge on any atom is -0.378 e. The Hall–Kier alpha value is -2.34. The molecule has 0 saturated carbocycles. The molecule has 0 heterocycles. The number of nitro benzene ring substituents is 1. The van der Waals surface area contributed by atoms with Gasteiger partial charge in [-0.1, -0.05) is 36.0 Å². The number of nitrogens with two attached hydrogens (primary N) is 1. The zero-order chi connectivity index (χ0) is 16.1. The SMILES string of the molecule is Cc1ccc(C)c(N=C(N)SCc2ccc([N+](=O)[O-])cc2)c1. The molecule has 2 rings (SSSR count). The van der Waals surface area contributed by atoms with Gasteiger partial charge < -0.3 is 5.73 Å². The fourth-order valence-corrected chi connectivity index (χ4v) is 2.53. The van der Waals surface area contributed by atoms with Crippen LogP contribution in [0.15, 0.2) is 47.5 Å². The summed E-state index contributed by atoms with van der Waals surface area (Å²) < 4.78 is 0. The van der Waals surface area contributed by atoms with Crippen LogP contribution in [0.5, 0.6) is 0 Å². The minimum absolute atomic E-state index is 0.0887. The van der Waals surface area contributed by atoms with Gasteiger partial charge >= 0.3 is 0 Å². The van der Waals surface area contributed by atoms with Crippen LogP contribution in [0.1, 0.15) is 16.7 Å². The van der Waals surface area contributed by atoms with Crippen molar-refractivity contribution in [2.45, 2.75) is 19.6 Å². The maximum absolute atomic E-state index is 10.6. The fraction of sp³-hybridized carbons (Fsp3) is 0.188. The van der Waals surface area contributed by atoms with Crippen molar-refractivity contribution in [1.29, 1.82) is 0 Å². The first kappa shape index (κ1) is 16.0. The first-order valence-corrected chi connectivity index (χ1v) is 7.72. The van der Waals surface area contributed by atoms with Crippen molar-refractivity contribution in [2.75, 3.05) is 0 Å². The molecule has 0 aliphatic carbocycles. The number of non-ortho nitro benzene ring substituents is 1. The van der Waals surface area contributed by atoms with Crippen LogP contribution in [0.2, 0.25) is 0 Å². The molecule has 2 N–H and O–H groups in total. The number of rotatable bonds is 4. The highest BCUT2D eigenvalue weighted by Gasteiger charge is 2.05. The highest BCUT2D eigenvalue weighted by atomic mass is 32.2. The Morgan fingerprint density at radius 2 is 1.91 bits per heavy atom. The minimum atomic E-state index is -0.409. The number of benzene rings is 2. The number of aliphatic imine (C=N–C) groups is 1. The van der Waals surface area contributed by atoms with Gasteiger partial charge in [0.25, 0.3) is 5.69 Å². The number of nitro groups is 1. The zero-order valence-corrected chi connectivity index (χ0v) is 13.3. The Kier molecular flexibility index (Phi) is 5.16. The molecule has 0 unspecified atom stereocenters. The van der Waals surface area contributed by atoms with Gasteiger partial charge in [0.2, 0.25) is 0 Å². The van der Waals surface area contributed by atoms with Crippen LogP contribution in [0, 0.1) is 24.0 Å². The highest BCUT2D eigenvalue weighted by molar-refractivity contribution is 8.13. The van der Waals surface area contributed by atoms with E-state index in [1.807, 2.05) is 32.0 Å². The topological polar surface area (TPSA) is 81.5 Å². The second kappa shape index (κ2) is 7.09. The largest absolute Gasteiger partial charge is 0.378 e. The van der Waals surface area contributed by atoms with Crippen LogP contribution >= 0.6 is 11.8 Å². The predicted octanol–water partition coefficient (Wildman–Crippen LogP) is 4.09. The highest BCUT2D eigenvalue weighted by Crippen LogP contribution is 2.22. The van der Waals surface area contributed by atoms with Gasteiger partial charge in [0.15, 0.2) is 5.17 Å². The fourth-order valence-electron chi connectivity index (χ4n) is 1.86. The Labute approximate surface area is 133 Å². The van der Waals surface area contributed by atoms with E-state index < -0.39 is 4.92 Å². The molecule has 0 radical (unpaired) electrons. The number of hydrogen-bond acceptors (Lipinski definition) is 4. The standard InChI is InChI=1S/C16H17N3O2S/c1-11-3-4-12(2)15(9-11)18-16(17)22-10-13-5-7-14(8-6-13)19(20)21/h3-9H,10H2,1-2H3,(H2,17,18). The molecule has 0 atom stereocenters. The average molecular weight is 315 g/mol. The molecular weight excluding hydrogens is 298 g/mol. The van der Waals surface area contributed by atoms with Gasteiger partial charge in [-0.25, -0.2) is 4.99 Å². The van der Waals surface area contributed by atoms with E-state index in [0.717, 1.165) is 22.4 Å². The molecule has 2 aromatic carbocycles. The van der Waals surface area contributed by atoms with Gasteiger partial charge in [0, 0.05) is 17.9 Å². The number of amidine groups is 1. The quantitative estimate of drug-likeness (QED) is 0.399. The smallest absolute Gasteiger partial charge is 0.269 e. The van der Waals surface area contributed by atoms with Crippen LogP contribution < -0.4 is 5.73 Å². The van der Waals surface area contributed by atoms with E-state index in [1.165, 1.54) is 23.9 Å². The Morgan fingerprint density at radius 1 is 1.23 bits per heavy atom. The summed E-state index contributed by atoms with van der Waals surface area (Å²) in [6, 6.07) is 12.5. The number of nitrogens with zero attached hydrogens (tertiary/aromatic N) is 2. The molecule has 0 saturated heterocycles. The lowest BCUT2D eigenvalue weighted by atomic mass is 10.1. The molecule has 0 aliphatic heterocycles. The maximum atomic E-state index is 10.6. The molecule has 22 heavy (non-hydrogen) atoms. The number of thioether (sulfide) groups is 1. The van der Waals surface area contributed by atoms with Gasteiger partial charge in [-0.05, 0) is 36.6 Å². The van der Waals surface area contributed by atoms with E-state index in [9.17, 15) is 10.1 Å². The third-order valence-electron chi connectivity index (χ3n) is 3.13. The van der Waals surface area contributed by atoms with Crippen molar-refractivity contribution in [2.24, 2.45) is 10.7 Å². The lowest BCUT2D eigenvalue weighted by Gasteiger charge is -2.05. The Balaban J connectivity index is 2.02. The third kappa shape index (κ3) is 4.33. The lowest BCUT2D eigenvalue weighted by molar-refractivity contribution is -0.384. The molecular formula is C16H17N3O2S. The molecule has 0 bridgehead atoms. The molecule has 5 nitrogen and oxygen atoms in total. The van der Waals surface area contributed by atoms with E-state index in [4.69, 9.17) is 5.73 Å². The summed E-state index contributed by atoms with van der Waals surface area (Å²) in [6.07, 6.45) is 0. The Morgan fingerprint density at radius 3 is 2.55 bits per heavy atom. The summed E-state index contributed by atoms with van der Waals surface area (Å²) >= 11 is 1.41. The van der Waals surface area contributed by atoms with Crippen LogP contribution in [0.25, 0.3) is 0 Å². The number of aryl methyl sites for hydroxylation is 2. The van der Waals surface area contributed by atoms with Crippen molar-refractivity contribution >= 4 is 28.3 Å². The van der Waals surface area contributed by atoms with Gasteiger partial charge in [-0.2, -0.15) is 0 Å². The molecule has 0 spiro atoms. The van der Waals surface area contributed by atoms with Crippen LogP contribution in [-0.4, -0.2) is 10.1 Å². The van der Waals surface area contributed by atoms with Gasteiger partial charge in [-0.15, -0.1) is 0 Å². The summed E-state index contributed by atoms with van der Waals surface area (Å²) in [6.45, 7) is 4.01. The van der Waals surface area contributed by atoms with Crippen LogP contribution in [-0.2, 0) is 5.75 Å². The van der Waals surface area contributed by atoms with Crippen molar-refractivity contribution in [3.8, 4) is 0 Å².